The van der Waals surface area contributed by atoms with Gasteiger partial charge in [0.2, 0.25) is 11.7 Å². The molecule has 0 aliphatic rings. The van der Waals surface area contributed by atoms with Crippen molar-refractivity contribution >= 4 is 27.6 Å². The number of nitrogens with one attached hydrogen (secondary N) is 1. The van der Waals surface area contributed by atoms with Gasteiger partial charge in [-0.2, -0.15) is 4.98 Å². The number of nitrogens with zero attached hydrogens (tertiary/aromatic N) is 2. The Morgan fingerprint density at radius 1 is 0.900 bits per heavy atom. The minimum Gasteiger partial charge on any atom is -0.497 e. The molecule has 0 saturated heterocycles. The lowest BCUT2D eigenvalue weighted by Crippen LogP contribution is -2.01. The van der Waals surface area contributed by atoms with Crippen LogP contribution >= 0.6 is 0 Å². The largest absolute Gasteiger partial charge is 0.497 e. The van der Waals surface area contributed by atoms with Gasteiger partial charge in [0.25, 0.3) is 0 Å². The van der Waals surface area contributed by atoms with Crippen LogP contribution in [0.25, 0.3) is 33.3 Å². The standard InChI is InChI=1S/C23H19N3O4/c1-27-15-9-7-14(8-10-15)23-25-22(30-26-23)13-24-18-12-20-17(11-21(18)28-2)16-5-3-4-6-19(16)29-20/h3-12,24H,13H2,1-2H3. The highest BCUT2D eigenvalue weighted by Gasteiger charge is 2.14. The third-order valence-electron chi connectivity index (χ3n) is 4.95. The molecule has 0 unspecified atom stereocenters. The maximum atomic E-state index is 5.97. The average Bonchev–Trinajstić information content (AvgIpc) is 3.41. The number of rotatable bonds is 6. The van der Waals surface area contributed by atoms with E-state index < -0.39 is 0 Å². The Labute approximate surface area is 172 Å². The minimum absolute atomic E-state index is 0.352. The molecule has 0 fully saturated rings. The van der Waals surface area contributed by atoms with E-state index in [0.29, 0.717) is 24.0 Å². The van der Waals surface area contributed by atoms with Crippen LogP contribution in [0.5, 0.6) is 11.5 Å². The van der Waals surface area contributed by atoms with Crippen LogP contribution in [0.3, 0.4) is 0 Å². The highest BCUT2D eigenvalue weighted by Crippen LogP contribution is 2.36. The number of hydrogen-bond donors (Lipinski definition) is 1. The Morgan fingerprint density at radius 2 is 1.73 bits per heavy atom. The molecule has 0 saturated carbocycles. The zero-order valence-electron chi connectivity index (χ0n) is 16.5. The first-order valence-corrected chi connectivity index (χ1v) is 9.45. The summed E-state index contributed by atoms with van der Waals surface area (Å²) >= 11 is 0. The molecular weight excluding hydrogens is 382 g/mol. The molecule has 0 spiro atoms. The lowest BCUT2D eigenvalue weighted by Gasteiger charge is -2.09. The maximum Gasteiger partial charge on any atom is 0.246 e. The molecule has 0 amide bonds. The monoisotopic (exact) mass is 401 g/mol. The molecule has 0 atom stereocenters. The highest BCUT2D eigenvalue weighted by atomic mass is 16.5. The van der Waals surface area contributed by atoms with E-state index >= 15 is 0 Å². The third-order valence-corrected chi connectivity index (χ3v) is 4.95. The number of benzene rings is 3. The Kier molecular flexibility index (Phi) is 4.48. The molecule has 0 aliphatic carbocycles. The number of hydrogen-bond acceptors (Lipinski definition) is 7. The molecule has 1 N–H and O–H groups in total. The van der Waals surface area contributed by atoms with Crippen molar-refractivity contribution < 1.29 is 18.4 Å². The Morgan fingerprint density at radius 3 is 2.53 bits per heavy atom. The predicted octanol–water partition coefficient (Wildman–Crippen LogP) is 5.27. The van der Waals surface area contributed by atoms with Crippen LogP contribution in [-0.4, -0.2) is 24.4 Å². The maximum absolute atomic E-state index is 5.97. The van der Waals surface area contributed by atoms with Crippen molar-refractivity contribution in [2.24, 2.45) is 0 Å². The molecular formula is C23H19N3O4. The summed E-state index contributed by atoms with van der Waals surface area (Å²) in [6.45, 7) is 0.352. The number of furan rings is 1. The summed E-state index contributed by atoms with van der Waals surface area (Å²) in [5, 5.41) is 9.42. The third kappa shape index (κ3) is 3.20. The van der Waals surface area contributed by atoms with Crippen molar-refractivity contribution in [3.8, 4) is 22.9 Å². The first kappa shape index (κ1) is 18.1. The van der Waals surface area contributed by atoms with E-state index in [2.05, 4.69) is 15.5 Å². The summed E-state index contributed by atoms with van der Waals surface area (Å²) in [6.07, 6.45) is 0. The Hall–Kier alpha value is -4.00. The molecule has 0 bridgehead atoms. The van der Waals surface area contributed by atoms with Crippen molar-refractivity contribution in [3.05, 3.63) is 66.6 Å². The summed E-state index contributed by atoms with van der Waals surface area (Å²) in [6, 6.07) is 19.3. The highest BCUT2D eigenvalue weighted by molar-refractivity contribution is 6.06. The van der Waals surface area contributed by atoms with Crippen LogP contribution in [0, 0.1) is 0 Å². The van der Waals surface area contributed by atoms with Gasteiger partial charge in [-0.05, 0) is 36.4 Å². The molecule has 2 aromatic heterocycles. The van der Waals surface area contributed by atoms with Gasteiger partial charge in [0.15, 0.2) is 0 Å². The molecule has 5 rings (SSSR count). The smallest absolute Gasteiger partial charge is 0.246 e. The normalized spacial score (nSPS) is 11.1. The number of methoxy groups -OCH3 is 2. The molecule has 150 valence electrons. The fraction of sp³-hybridized carbons (Fsp3) is 0.130. The van der Waals surface area contributed by atoms with Crippen LogP contribution in [0.4, 0.5) is 5.69 Å². The van der Waals surface area contributed by atoms with E-state index in [1.165, 1.54) is 0 Å². The van der Waals surface area contributed by atoms with Crippen molar-refractivity contribution in [1.82, 2.24) is 10.1 Å². The zero-order valence-corrected chi connectivity index (χ0v) is 16.5. The van der Waals surface area contributed by atoms with Gasteiger partial charge >= 0.3 is 0 Å². The van der Waals surface area contributed by atoms with Crippen LogP contribution in [-0.2, 0) is 6.54 Å². The van der Waals surface area contributed by atoms with Gasteiger partial charge in [-0.1, -0.05) is 23.4 Å². The number of anilines is 1. The Bertz CT molecular complexity index is 1320. The molecule has 3 aromatic carbocycles. The van der Waals surface area contributed by atoms with Gasteiger partial charge in [-0.25, -0.2) is 0 Å². The van der Waals surface area contributed by atoms with Gasteiger partial charge in [0, 0.05) is 22.4 Å². The second-order valence-electron chi connectivity index (χ2n) is 6.74. The molecule has 5 aromatic rings. The quantitative estimate of drug-likeness (QED) is 0.415. The zero-order chi connectivity index (χ0) is 20.5. The fourth-order valence-corrected chi connectivity index (χ4v) is 3.41. The first-order valence-electron chi connectivity index (χ1n) is 9.45. The Balaban J connectivity index is 1.39. The van der Waals surface area contributed by atoms with Crippen LogP contribution in [0.2, 0.25) is 0 Å². The second kappa shape index (κ2) is 7.44. The molecule has 2 heterocycles. The number of ether oxygens (including phenoxy) is 2. The summed E-state index contributed by atoms with van der Waals surface area (Å²) in [5.74, 6) is 2.47. The fourth-order valence-electron chi connectivity index (χ4n) is 3.41. The van der Waals surface area contributed by atoms with Gasteiger partial charge in [-0.15, -0.1) is 0 Å². The lowest BCUT2D eigenvalue weighted by atomic mass is 10.1. The SMILES string of the molecule is COc1ccc(-c2noc(CNc3cc4oc5ccccc5c4cc3OC)n2)cc1. The number of fused-ring (bicyclic) bond motifs is 3. The number of aromatic nitrogens is 2. The van der Waals surface area contributed by atoms with Crippen LogP contribution in [0.15, 0.2) is 69.6 Å². The second-order valence-corrected chi connectivity index (χ2v) is 6.74. The molecule has 30 heavy (non-hydrogen) atoms. The van der Waals surface area contributed by atoms with Crippen molar-refractivity contribution in [3.63, 3.8) is 0 Å². The lowest BCUT2D eigenvalue weighted by molar-refractivity contribution is 0.383. The van der Waals surface area contributed by atoms with E-state index in [1.807, 2.05) is 60.7 Å². The van der Waals surface area contributed by atoms with Gasteiger partial charge < -0.3 is 23.7 Å². The molecule has 7 nitrogen and oxygen atoms in total. The van der Waals surface area contributed by atoms with Gasteiger partial charge in [0.05, 0.1) is 26.5 Å². The van der Waals surface area contributed by atoms with E-state index in [4.69, 9.17) is 18.4 Å². The molecule has 0 aliphatic heterocycles. The topological polar surface area (TPSA) is 82.6 Å². The number of para-hydroxylation sites is 1. The molecule has 7 heteroatoms. The minimum atomic E-state index is 0.352. The summed E-state index contributed by atoms with van der Waals surface area (Å²) < 4.78 is 22.1. The van der Waals surface area contributed by atoms with E-state index in [-0.39, 0.29) is 0 Å². The molecule has 0 radical (unpaired) electrons. The van der Waals surface area contributed by atoms with Gasteiger partial charge in [-0.3, -0.25) is 0 Å². The van der Waals surface area contributed by atoms with Crippen LogP contribution < -0.4 is 14.8 Å². The van der Waals surface area contributed by atoms with Crippen molar-refractivity contribution in [2.45, 2.75) is 6.54 Å². The summed E-state index contributed by atoms with van der Waals surface area (Å²) in [7, 11) is 3.27. The van der Waals surface area contributed by atoms with E-state index in [1.54, 1.807) is 14.2 Å². The average molecular weight is 401 g/mol. The van der Waals surface area contributed by atoms with Crippen molar-refractivity contribution in [1.29, 1.82) is 0 Å². The van der Waals surface area contributed by atoms with Crippen LogP contribution in [0.1, 0.15) is 5.89 Å². The predicted molar refractivity (Wildman–Crippen MR) is 114 cm³/mol. The first-order chi connectivity index (χ1) is 14.7. The summed E-state index contributed by atoms with van der Waals surface area (Å²) in [5.41, 5.74) is 3.26. The summed E-state index contributed by atoms with van der Waals surface area (Å²) in [4.78, 5) is 4.46. The van der Waals surface area contributed by atoms with Gasteiger partial charge in [0.1, 0.15) is 22.7 Å². The van der Waals surface area contributed by atoms with Crippen molar-refractivity contribution in [2.75, 3.05) is 19.5 Å². The van der Waals surface area contributed by atoms with E-state index in [9.17, 15) is 0 Å². The van der Waals surface area contributed by atoms with E-state index in [0.717, 1.165) is 38.9 Å².